The van der Waals surface area contributed by atoms with Gasteiger partial charge in [0.25, 0.3) is 11.5 Å². The van der Waals surface area contributed by atoms with Crippen LogP contribution in [-0.4, -0.2) is 35.2 Å². The number of amides is 1. The molecule has 0 saturated heterocycles. The van der Waals surface area contributed by atoms with Crippen molar-refractivity contribution in [1.29, 1.82) is 0 Å². The highest BCUT2D eigenvalue weighted by atomic mass is 32.1. The molecule has 1 heterocycles. The molecule has 7 heteroatoms. The maximum atomic E-state index is 12.8. The second-order valence-corrected chi connectivity index (χ2v) is 7.70. The van der Waals surface area contributed by atoms with Crippen LogP contribution >= 0.6 is 12.2 Å². The maximum absolute atomic E-state index is 12.8. The summed E-state index contributed by atoms with van der Waals surface area (Å²) in [5.74, 6) is -0.136. The van der Waals surface area contributed by atoms with Crippen LogP contribution in [0.4, 0.5) is 0 Å². The minimum absolute atomic E-state index is 0.136. The molecule has 0 radical (unpaired) electrons. The number of aromatic nitrogens is 2. The summed E-state index contributed by atoms with van der Waals surface area (Å²) >= 11 is 5.36. The van der Waals surface area contributed by atoms with Crippen molar-refractivity contribution in [2.75, 3.05) is 19.8 Å². The van der Waals surface area contributed by atoms with Crippen LogP contribution in [0.15, 0.2) is 34.6 Å². The molecule has 3 rings (SSSR count). The SMILES string of the molecule is CCOCCCn1c(=S)[nH]c2cc(C(=O)NCCC3=CCCCC3)ccc2c1=O. The van der Waals surface area contributed by atoms with Gasteiger partial charge in [-0.3, -0.25) is 14.2 Å². The molecule has 0 atom stereocenters. The van der Waals surface area contributed by atoms with E-state index in [4.69, 9.17) is 17.0 Å². The lowest BCUT2D eigenvalue weighted by Gasteiger charge is -2.13. The summed E-state index contributed by atoms with van der Waals surface area (Å²) in [4.78, 5) is 28.4. The number of fused-ring (bicyclic) bond motifs is 1. The van der Waals surface area contributed by atoms with E-state index in [2.05, 4.69) is 16.4 Å². The molecular formula is C22H29N3O3S. The van der Waals surface area contributed by atoms with Gasteiger partial charge >= 0.3 is 0 Å². The summed E-state index contributed by atoms with van der Waals surface area (Å²) in [6, 6.07) is 5.09. The Balaban J connectivity index is 1.69. The third-order valence-corrected chi connectivity index (χ3v) is 5.56. The molecule has 2 N–H and O–H groups in total. The van der Waals surface area contributed by atoms with E-state index in [1.54, 1.807) is 22.8 Å². The van der Waals surface area contributed by atoms with Crippen molar-refractivity contribution in [2.24, 2.45) is 0 Å². The smallest absolute Gasteiger partial charge is 0.262 e. The summed E-state index contributed by atoms with van der Waals surface area (Å²) in [5.41, 5.74) is 2.40. The second-order valence-electron chi connectivity index (χ2n) is 7.31. The largest absolute Gasteiger partial charge is 0.382 e. The highest BCUT2D eigenvalue weighted by molar-refractivity contribution is 7.71. The Labute approximate surface area is 176 Å². The summed E-state index contributed by atoms with van der Waals surface area (Å²) < 4.78 is 7.24. The highest BCUT2D eigenvalue weighted by Gasteiger charge is 2.11. The van der Waals surface area contributed by atoms with Gasteiger partial charge in [0, 0.05) is 31.9 Å². The van der Waals surface area contributed by atoms with E-state index in [1.165, 1.54) is 18.4 Å². The molecule has 1 aliphatic rings. The van der Waals surface area contributed by atoms with Crippen LogP contribution in [0, 0.1) is 4.77 Å². The highest BCUT2D eigenvalue weighted by Crippen LogP contribution is 2.19. The zero-order valence-electron chi connectivity index (χ0n) is 17.0. The summed E-state index contributed by atoms with van der Waals surface area (Å²) in [5, 5.41) is 3.50. The fraction of sp³-hybridized carbons (Fsp3) is 0.500. The molecule has 29 heavy (non-hydrogen) atoms. The number of nitrogens with zero attached hydrogens (tertiary/aromatic N) is 1. The molecular weight excluding hydrogens is 386 g/mol. The van der Waals surface area contributed by atoms with Crippen molar-refractivity contribution in [3.63, 3.8) is 0 Å². The standard InChI is InChI=1S/C22H29N3O3S/c1-2-28-14-6-13-25-21(27)18-10-9-17(15-19(18)24-22(25)29)20(26)23-12-11-16-7-4-3-5-8-16/h7,9-10,15H,2-6,8,11-14H2,1H3,(H,23,26)(H,24,29). The minimum Gasteiger partial charge on any atom is -0.382 e. The van der Waals surface area contributed by atoms with E-state index in [0.29, 0.717) is 54.0 Å². The van der Waals surface area contributed by atoms with Gasteiger partial charge in [-0.2, -0.15) is 0 Å². The summed E-state index contributed by atoms with van der Waals surface area (Å²) in [6.07, 6.45) is 8.71. The molecule has 0 spiro atoms. The quantitative estimate of drug-likeness (QED) is 0.367. The average Bonchev–Trinajstić information content (AvgIpc) is 2.73. The number of allylic oxidation sites excluding steroid dienone is 1. The molecule has 1 aromatic carbocycles. The molecule has 156 valence electrons. The predicted molar refractivity (Wildman–Crippen MR) is 118 cm³/mol. The Morgan fingerprint density at radius 1 is 1.34 bits per heavy atom. The molecule has 1 aromatic heterocycles. The van der Waals surface area contributed by atoms with Crippen LogP contribution in [0.1, 0.15) is 55.8 Å². The maximum Gasteiger partial charge on any atom is 0.262 e. The zero-order valence-corrected chi connectivity index (χ0v) is 17.8. The van der Waals surface area contributed by atoms with Crippen LogP contribution in [-0.2, 0) is 11.3 Å². The molecule has 0 fully saturated rings. The van der Waals surface area contributed by atoms with Crippen molar-refractivity contribution >= 4 is 29.0 Å². The monoisotopic (exact) mass is 415 g/mol. The summed E-state index contributed by atoms with van der Waals surface area (Å²) in [6.45, 7) is 4.31. The van der Waals surface area contributed by atoms with Crippen molar-refractivity contribution in [2.45, 2.75) is 52.0 Å². The number of carbonyl (C=O) groups excluding carboxylic acids is 1. The average molecular weight is 416 g/mol. The molecule has 6 nitrogen and oxygen atoms in total. The lowest BCUT2D eigenvalue weighted by molar-refractivity contribution is 0.0954. The normalized spacial score (nSPS) is 14.0. The van der Waals surface area contributed by atoms with Crippen LogP contribution in [0.2, 0.25) is 0 Å². The number of hydrogen-bond acceptors (Lipinski definition) is 4. The van der Waals surface area contributed by atoms with Gasteiger partial charge in [-0.15, -0.1) is 0 Å². The first-order valence-electron chi connectivity index (χ1n) is 10.4. The Kier molecular flexibility index (Phi) is 7.77. The van der Waals surface area contributed by atoms with Crippen LogP contribution < -0.4 is 10.9 Å². The van der Waals surface area contributed by atoms with Crippen LogP contribution in [0.25, 0.3) is 10.9 Å². The topological polar surface area (TPSA) is 76.1 Å². The van der Waals surface area contributed by atoms with Crippen molar-refractivity contribution in [3.8, 4) is 0 Å². The predicted octanol–water partition coefficient (Wildman–Crippen LogP) is 4.11. The van der Waals surface area contributed by atoms with Crippen LogP contribution in [0.5, 0.6) is 0 Å². The third kappa shape index (κ3) is 5.64. The van der Waals surface area contributed by atoms with Gasteiger partial charge in [-0.1, -0.05) is 11.6 Å². The number of hydrogen-bond donors (Lipinski definition) is 2. The lowest BCUT2D eigenvalue weighted by Crippen LogP contribution is -2.26. The van der Waals surface area contributed by atoms with Crippen molar-refractivity contribution in [3.05, 3.63) is 50.5 Å². The molecule has 0 bridgehead atoms. The van der Waals surface area contributed by atoms with Gasteiger partial charge in [0.15, 0.2) is 4.77 Å². The van der Waals surface area contributed by atoms with E-state index in [-0.39, 0.29) is 11.5 Å². The van der Waals surface area contributed by atoms with Gasteiger partial charge in [0.2, 0.25) is 0 Å². The number of aromatic amines is 1. The van der Waals surface area contributed by atoms with Crippen molar-refractivity contribution < 1.29 is 9.53 Å². The van der Waals surface area contributed by atoms with Gasteiger partial charge in [0.05, 0.1) is 10.9 Å². The Bertz CT molecular complexity index is 1010. The first-order chi connectivity index (χ1) is 14.1. The fourth-order valence-electron chi connectivity index (χ4n) is 3.64. The van der Waals surface area contributed by atoms with Gasteiger partial charge in [-0.25, -0.2) is 0 Å². The minimum atomic E-state index is -0.142. The van der Waals surface area contributed by atoms with E-state index in [0.717, 1.165) is 19.3 Å². The fourth-order valence-corrected chi connectivity index (χ4v) is 3.92. The number of carbonyl (C=O) groups is 1. The number of H-pyrrole nitrogens is 1. The van der Waals surface area contributed by atoms with Gasteiger partial charge in [-0.05, 0) is 75.9 Å². The van der Waals surface area contributed by atoms with E-state index in [9.17, 15) is 9.59 Å². The Hall–Kier alpha value is -2.25. The zero-order chi connectivity index (χ0) is 20.6. The molecule has 1 aliphatic carbocycles. The van der Waals surface area contributed by atoms with Gasteiger partial charge in [0.1, 0.15) is 0 Å². The summed E-state index contributed by atoms with van der Waals surface area (Å²) in [7, 11) is 0. The first-order valence-corrected chi connectivity index (χ1v) is 10.8. The third-order valence-electron chi connectivity index (χ3n) is 5.24. The van der Waals surface area contributed by atoms with Crippen LogP contribution in [0.3, 0.4) is 0 Å². The molecule has 0 aliphatic heterocycles. The van der Waals surface area contributed by atoms with E-state index >= 15 is 0 Å². The molecule has 0 unspecified atom stereocenters. The number of benzene rings is 1. The second kappa shape index (κ2) is 10.5. The number of nitrogens with one attached hydrogen (secondary N) is 2. The van der Waals surface area contributed by atoms with Crippen molar-refractivity contribution in [1.82, 2.24) is 14.9 Å². The lowest BCUT2D eigenvalue weighted by atomic mass is 9.97. The Morgan fingerprint density at radius 2 is 2.21 bits per heavy atom. The Morgan fingerprint density at radius 3 is 2.97 bits per heavy atom. The van der Waals surface area contributed by atoms with E-state index < -0.39 is 0 Å². The van der Waals surface area contributed by atoms with Gasteiger partial charge < -0.3 is 15.0 Å². The number of rotatable bonds is 9. The first kappa shape index (κ1) is 21.5. The molecule has 2 aromatic rings. The molecule has 0 saturated carbocycles. The number of ether oxygens (including phenoxy) is 1. The van der Waals surface area contributed by atoms with E-state index in [1.807, 2.05) is 6.92 Å². The molecule has 1 amide bonds.